The smallest absolute Gasteiger partial charge is 0.289 e. The van der Waals surface area contributed by atoms with Gasteiger partial charge in [0, 0.05) is 19.5 Å². The van der Waals surface area contributed by atoms with E-state index >= 15 is 0 Å². The van der Waals surface area contributed by atoms with Crippen molar-refractivity contribution in [2.45, 2.75) is 39.7 Å². The van der Waals surface area contributed by atoms with E-state index in [4.69, 9.17) is 4.42 Å². The molecule has 1 saturated heterocycles. The molecular formula is C14H21NO3. The summed E-state index contributed by atoms with van der Waals surface area (Å²) in [5.74, 6) is 1.41. The second-order valence-electron chi connectivity index (χ2n) is 5.15. The van der Waals surface area contributed by atoms with Gasteiger partial charge < -0.3 is 14.4 Å². The summed E-state index contributed by atoms with van der Waals surface area (Å²) in [6, 6.07) is 1.80. The summed E-state index contributed by atoms with van der Waals surface area (Å²) in [5.41, 5.74) is 1.02. The molecule has 1 aromatic rings. The molecule has 2 unspecified atom stereocenters. The number of likely N-dealkylation sites (tertiary alicyclic amines) is 1. The Hall–Kier alpha value is -1.29. The van der Waals surface area contributed by atoms with Crippen LogP contribution in [0.3, 0.4) is 0 Å². The lowest BCUT2D eigenvalue weighted by atomic mass is 9.96. The molecule has 18 heavy (non-hydrogen) atoms. The van der Waals surface area contributed by atoms with Crippen molar-refractivity contribution in [3.8, 4) is 0 Å². The Kier molecular flexibility index (Phi) is 3.76. The summed E-state index contributed by atoms with van der Waals surface area (Å²) in [6.07, 6.45) is 1.20. The lowest BCUT2D eigenvalue weighted by molar-refractivity contribution is 0.0230. The number of amides is 1. The average molecular weight is 251 g/mol. The lowest BCUT2D eigenvalue weighted by Crippen LogP contribution is -2.45. The summed E-state index contributed by atoms with van der Waals surface area (Å²) in [6.45, 7) is 7.07. The number of aliphatic hydroxyl groups is 1. The van der Waals surface area contributed by atoms with Gasteiger partial charge in [-0.05, 0) is 30.9 Å². The maximum Gasteiger partial charge on any atom is 0.289 e. The predicted molar refractivity (Wildman–Crippen MR) is 68.5 cm³/mol. The zero-order valence-electron chi connectivity index (χ0n) is 11.3. The molecule has 1 aliphatic heterocycles. The maximum absolute atomic E-state index is 12.3. The van der Waals surface area contributed by atoms with Crippen LogP contribution >= 0.6 is 0 Å². The standard InChI is InChI=1S/C14H21NO3/c1-4-12-10(3)7-13(18-12)14(17)15-6-5-9(2)11(16)8-15/h7,9,11,16H,4-6,8H2,1-3H3. The van der Waals surface area contributed by atoms with Gasteiger partial charge in [-0.2, -0.15) is 0 Å². The van der Waals surface area contributed by atoms with Gasteiger partial charge in [0.25, 0.3) is 5.91 Å². The third-order valence-electron chi connectivity index (χ3n) is 3.76. The Morgan fingerprint density at radius 3 is 2.89 bits per heavy atom. The van der Waals surface area contributed by atoms with Crippen LogP contribution in [0.25, 0.3) is 0 Å². The number of aliphatic hydroxyl groups excluding tert-OH is 1. The summed E-state index contributed by atoms with van der Waals surface area (Å²) in [5, 5.41) is 9.83. The van der Waals surface area contributed by atoms with Crippen molar-refractivity contribution < 1.29 is 14.3 Å². The van der Waals surface area contributed by atoms with Crippen LogP contribution in [0.5, 0.6) is 0 Å². The molecule has 1 fully saturated rings. The fourth-order valence-electron chi connectivity index (χ4n) is 2.37. The second kappa shape index (κ2) is 5.14. The van der Waals surface area contributed by atoms with Crippen LogP contribution in [-0.2, 0) is 6.42 Å². The number of piperidine rings is 1. The first-order chi connectivity index (χ1) is 8.52. The molecule has 2 heterocycles. The van der Waals surface area contributed by atoms with E-state index in [1.165, 1.54) is 0 Å². The van der Waals surface area contributed by atoms with E-state index in [2.05, 4.69) is 0 Å². The van der Waals surface area contributed by atoms with Gasteiger partial charge in [0.15, 0.2) is 5.76 Å². The van der Waals surface area contributed by atoms with E-state index in [9.17, 15) is 9.90 Å². The third kappa shape index (κ3) is 2.43. The van der Waals surface area contributed by atoms with Gasteiger partial charge in [0.2, 0.25) is 0 Å². The number of carbonyl (C=O) groups excluding carboxylic acids is 1. The highest BCUT2D eigenvalue weighted by molar-refractivity contribution is 5.91. The van der Waals surface area contributed by atoms with Gasteiger partial charge in [-0.15, -0.1) is 0 Å². The molecule has 0 saturated carbocycles. The Morgan fingerprint density at radius 2 is 2.33 bits per heavy atom. The number of hydrogen-bond acceptors (Lipinski definition) is 3. The number of nitrogens with zero attached hydrogens (tertiary/aromatic N) is 1. The van der Waals surface area contributed by atoms with Crippen molar-refractivity contribution in [3.63, 3.8) is 0 Å². The molecule has 4 nitrogen and oxygen atoms in total. The molecule has 1 aromatic heterocycles. The van der Waals surface area contributed by atoms with E-state index in [1.807, 2.05) is 20.8 Å². The molecule has 0 bridgehead atoms. The first kappa shape index (κ1) is 13.1. The number of rotatable bonds is 2. The third-order valence-corrected chi connectivity index (χ3v) is 3.76. The van der Waals surface area contributed by atoms with Gasteiger partial charge in [-0.3, -0.25) is 4.79 Å². The van der Waals surface area contributed by atoms with Crippen LogP contribution in [0.15, 0.2) is 10.5 Å². The van der Waals surface area contributed by atoms with Crippen molar-refractivity contribution >= 4 is 5.91 Å². The fraction of sp³-hybridized carbons (Fsp3) is 0.643. The number of carbonyl (C=O) groups is 1. The van der Waals surface area contributed by atoms with Gasteiger partial charge in [0.05, 0.1) is 6.10 Å². The van der Waals surface area contributed by atoms with Crippen molar-refractivity contribution in [1.29, 1.82) is 0 Å². The highest BCUT2D eigenvalue weighted by Gasteiger charge is 2.29. The lowest BCUT2D eigenvalue weighted by Gasteiger charge is -2.33. The minimum absolute atomic E-state index is 0.108. The number of hydrogen-bond donors (Lipinski definition) is 1. The molecule has 1 N–H and O–H groups in total. The van der Waals surface area contributed by atoms with E-state index in [-0.39, 0.29) is 11.8 Å². The van der Waals surface area contributed by atoms with E-state index in [1.54, 1.807) is 11.0 Å². The molecule has 2 rings (SSSR count). The number of aryl methyl sites for hydroxylation is 2. The summed E-state index contributed by atoms with van der Waals surface area (Å²) in [7, 11) is 0. The van der Waals surface area contributed by atoms with Crippen LogP contribution < -0.4 is 0 Å². The Morgan fingerprint density at radius 1 is 1.61 bits per heavy atom. The minimum atomic E-state index is -0.426. The Bertz CT molecular complexity index is 438. The fourth-order valence-corrected chi connectivity index (χ4v) is 2.37. The maximum atomic E-state index is 12.3. The monoisotopic (exact) mass is 251 g/mol. The quantitative estimate of drug-likeness (QED) is 0.874. The Balaban J connectivity index is 2.11. The SMILES string of the molecule is CCc1oc(C(=O)N2CCC(C)C(O)C2)cc1C. The van der Waals surface area contributed by atoms with Crippen LogP contribution in [0.2, 0.25) is 0 Å². The number of furan rings is 1. The molecular weight excluding hydrogens is 230 g/mol. The van der Waals surface area contributed by atoms with Gasteiger partial charge in [-0.1, -0.05) is 13.8 Å². The molecule has 2 atom stereocenters. The molecule has 0 aromatic carbocycles. The summed E-state index contributed by atoms with van der Waals surface area (Å²) >= 11 is 0. The number of β-amino-alcohol motifs (C(OH)–C–C–N with tert-alkyl or cyclic N) is 1. The van der Waals surface area contributed by atoms with Crippen molar-refractivity contribution in [2.75, 3.05) is 13.1 Å². The van der Waals surface area contributed by atoms with Crippen LogP contribution in [0, 0.1) is 12.8 Å². The zero-order chi connectivity index (χ0) is 13.3. The highest BCUT2D eigenvalue weighted by Crippen LogP contribution is 2.21. The molecule has 0 spiro atoms. The molecule has 0 radical (unpaired) electrons. The van der Waals surface area contributed by atoms with Gasteiger partial charge in [-0.25, -0.2) is 0 Å². The molecule has 1 amide bonds. The molecule has 0 aliphatic carbocycles. The first-order valence-corrected chi connectivity index (χ1v) is 6.59. The Labute approximate surface area is 108 Å². The summed E-state index contributed by atoms with van der Waals surface area (Å²) < 4.78 is 5.57. The molecule has 100 valence electrons. The molecule has 1 aliphatic rings. The largest absolute Gasteiger partial charge is 0.456 e. The normalized spacial score (nSPS) is 24.3. The summed E-state index contributed by atoms with van der Waals surface area (Å²) in [4.78, 5) is 13.9. The van der Waals surface area contributed by atoms with Gasteiger partial charge in [0.1, 0.15) is 5.76 Å². The van der Waals surface area contributed by atoms with E-state index in [0.29, 0.717) is 18.8 Å². The van der Waals surface area contributed by atoms with Crippen LogP contribution in [0.4, 0.5) is 0 Å². The van der Waals surface area contributed by atoms with E-state index in [0.717, 1.165) is 24.2 Å². The van der Waals surface area contributed by atoms with E-state index < -0.39 is 6.10 Å². The highest BCUT2D eigenvalue weighted by atomic mass is 16.4. The first-order valence-electron chi connectivity index (χ1n) is 6.59. The van der Waals surface area contributed by atoms with Gasteiger partial charge >= 0.3 is 0 Å². The predicted octanol–water partition coefficient (Wildman–Crippen LogP) is 1.99. The van der Waals surface area contributed by atoms with Crippen LogP contribution in [0.1, 0.15) is 42.1 Å². The van der Waals surface area contributed by atoms with Crippen molar-refractivity contribution in [1.82, 2.24) is 4.90 Å². The van der Waals surface area contributed by atoms with Crippen molar-refractivity contribution in [2.24, 2.45) is 5.92 Å². The van der Waals surface area contributed by atoms with Crippen LogP contribution in [-0.4, -0.2) is 35.1 Å². The second-order valence-corrected chi connectivity index (χ2v) is 5.15. The topological polar surface area (TPSA) is 53.7 Å². The molecule has 4 heteroatoms. The van der Waals surface area contributed by atoms with Crippen molar-refractivity contribution in [3.05, 3.63) is 23.2 Å². The zero-order valence-corrected chi connectivity index (χ0v) is 11.3. The minimum Gasteiger partial charge on any atom is -0.456 e. The average Bonchev–Trinajstić information content (AvgIpc) is 2.73.